The van der Waals surface area contributed by atoms with Crippen LogP contribution in [-0.4, -0.2) is 0 Å². The minimum atomic E-state index is 0.387. The molecule has 17 heavy (non-hydrogen) atoms. The summed E-state index contributed by atoms with van der Waals surface area (Å²) >= 11 is 0. The van der Waals surface area contributed by atoms with Crippen LogP contribution >= 0.6 is 0 Å². The van der Waals surface area contributed by atoms with Gasteiger partial charge in [0.25, 0.3) is 0 Å². The monoisotopic (exact) mass is 228 g/mol. The number of fused-ring (bicyclic) bond motifs is 1. The van der Waals surface area contributed by atoms with Gasteiger partial charge in [-0.2, -0.15) is 0 Å². The molecule has 1 aromatic carbocycles. The summed E-state index contributed by atoms with van der Waals surface area (Å²) in [5.41, 5.74) is 3.50. The summed E-state index contributed by atoms with van der Waals surface area (Å²) in [6, 6.07) is 8.13. The fourth-order valence-corrected chi connectivity index (χ4v) is 2.33. The van der Waals surface area contributed by atoms with Gasteiger partial charge in [0, 0.05) is 17.1 Å². The van der Waals surface area contributed by atoms with Crippen molar-refractivity contribution in [2.24, 2.45) is 11.8 Å². The molecule has 0 N–H and O–H groups in total. The second kappa shape index (κ2) is 4.40. The van der Waals surface area contributed by atoms with Crippen LogP contribution in [0.2, 0.25) is 0 Å². The molecule has 0 fully saturated rings. The van der Waals surface area contributed by atoms with E-state index in [-0.39, 0.29) is 0 Å². The normalized spacial score (nSPS) is 15.3. The van der Waals surface area contributed by atoms with Crippen LogP contribution < -0.4 is 4.74 Å². The van der Waals surface area contributed by atoms with Crippen molar-refractivity contribution in [1.82, 2.24) is 0 Å². The third-order valence-corrected chi connectivity index (χ3v) is 3.12. The first-order chi connectivity index (χ1) is 8.02. The molecule has 0 aromatic heterocycles. The van der Waals surface area contributed by atoms with Crippen molar-refractivity contribution in [1.29, 1.82) is 0 Å². The average molecular weight is 228 g/mol. The quantitative estimate of drug-likeness (QED) is 0.715. The van der Waals surface area contributed by atoms with Crippen LogP contribution in [0.25, 0.3) is 5.57 Å². The van der Waals surface area contributed by atoms with Gasteiger partial charge >= 0.3 is 0 Å². The van der Waals surface area contributed by atoms with Gasteiger partial charge in [-0.1, -0.05) is 52.5 Å². The molecule has 0 radical (unpaired) electrons. The van der Waals surface area contributed by atoms with Crippen LogP contribution in [0.4, 0.5) is 0 Å². The van der Waals surface area contributed by atoms with E-state index < -0.39 is 0 Å². The van der Waals surface area contributed by atoms with E-state index in [9.17, 15) is 0 Å². The minimum absolute atomic E-state index is 0.387. The van der Waals surface area contributed by atoms with Crippen LogP contribution in [0, 0.1) is 11.8 Å². The summed E-state index contributed by atoms with van der Waals surface area (Å²) in [5, 5.41) is 0. The van der Waals surface area contributed by atoms with Gasteiger partial charge in [-0.3, -0.25) is 0 Å². The van der Waals surface area contributed by atoms with E-state index in [1.54, 1.807) is 0 Å². The standard InChI is InChI=1S/C16H20O/c1-10(2)15-12(5)13-8-6-7-9-14(13)17-16(15)11(3)4/h6-11H,5H2,1-4H3. The molecule has 0 saturated carbocycles. The first-order valence-electron chi connectivity index (χ1n) is 6.23. The maximum absolute atomic E-state index is 6.06. The zero-order valence-electron chi connectivity index (χ0n) is 11.1. The summed E-state index contributed by atoms with van der Waals surface area (Å²) in [7, 11) is 0. The number of benzene rings is 1. The van der Waals surface area contributed by atoms with Crippen molar-refractivity contribution in [2.45, 2.75) is 27.7 Å². The molecular weight excluding hydrogens is 208 g/mol. The highest BCUT2D eigenvalue weighted by Gasteiger charge is 2.26. The molecule has 1 aliphatic rings. The summed E-state index contributed by atoms with van der Waals surface area (Å²) < 4.78 is 6.06. The van der Waals surface area contributed by atoms with Crippen molar-refractivity contribution < 1.29 is 4.74 Å². The lowest BCUT2D eigenvalue weighted by Gasteiger charge is -2.29. The van der Waals surface area contributed by atoms with Crippen LogP contribution in [0.5, 0.6) is 5.75 Å². The Bertz CT molecular complexity index is 478. The Balaban J connectivity index is 2.57. The lowest BCUT2D eigenvalue weighted by molar-refractivity contribution is 0.351. The molecule has 1 aromatic rings. The van der Waals surface area contributed by atoms with E-state index in [0.29, 0.717) is 11.8 Å². The zero-order chi connectivity index (χ0) is 12.6. The van der Waals surface area contributed by atoms with Gasteiger partial charge in [0.15, 0.2) is 0 Å². The number of ether oxygens (including phenoxy) is 1. The Kier molecular flexibility index (Phi) is 3.10. The van der Waals surface area contributed by atoms with Crippen LogP contribution in [0.15, 0.2) is 42.2 Å². The van der Waals surface area contributed by atoms with E-state index in [4.69, 9.17) is 4.74 Å². The Hall–Kier alpha value is -1.50. The Morgan fingerprint density at radius 1 is 1.00 bits per heavy atom. The summed E-state index contributed by atoms with van der Waals surface area (Å²) in [6.07, 6.45) is 0. The molecule has 0 amide bonds. The van der Waals surface area contributed by atoms with E-state index in [1.807, 2.05) is 18.2 Å². The molecule has 0 unspecified atom stereocenters. The number of para-hydroxylation sites is 1. The summed E-state index contributed by atoms with van der Waals surface area (Å²) in [6.45, 7) is 13.0. The Labute approximate surface area is 104 Å². The van der Waals surface area contributed by atoms with Crippen LogP contribution in [-0.2, 0) is 0 Å². The van der Waals surface area contributed by atoms with E-state index in [1.165, 1.54) is 5.57 Å². The number of hydrogen-bond acceptors (Lipinski definition) is 1. The molecular formula is C16H20O. The third kappa shape index (κ3) is 2.02. The van der Waals surface area contributed by atoms with Gasteiger partial charge in [-0.25, -0.2) is 0 Å². The highest BCUT2D eigenvalue weighted by Crippen LogP contribution is 2.42. The highest BCUT2D eigenvalue weighted by molar-refractivity contribution is 5.83. The second-order valence-electron chi connectivity index (χ2n) is 5.16. The molecule has 90 valence electrons. The van der Waals surface area contributed by atoms with Gasteiger partial charge in [-0.15, -0.1) is 0 Å². The van der Waals surface area contributed by atoms with Crippen molar-refractivity contribution in [2.75, 3.05) is 0 Å². The van der Waals surface area contributed by atoms with Gasteiger partial charge in [-0.05, 0) is 17.6 Å². The lowest BCUT2D eigenvalue weighted by Crippen LogP contribution is -2.16. The minimum Gasteiger partial charge on any atom is -0.460 e. The Morgan fingerprint density at radius 2 is 1.65 bits per heavy atom. The molecule has 0 saturated heterocycles. The largest absolute Gasteiger partial charge is 0.460 e. The van der Waals surface area contributed by atoms with Crippen molar-refractivity contribution in [3.05, 3.63) is 47.7 Å². The van der Waals surface area contributed by atoms with E-state index in [2.05, 4.69) is 40.3 Å². The third-order valence-electron chi connectivity index (χ3n) is 3.12. The SMILES string of the molecule is C=C1C(C(C)C)=C(C(C)C)Oc2ccccc21. The molecule has 1 aliphatic heterocycles. The first-order valence-corrected chi connectivity index (χ1v) is 6.23. The smallest absolute Gasteiger partial charge is 0.134 e. The highest BCUT2D eigenvalue weighted by atomic mass is 16.5. The van der Waals surface area contributed by atoms with Crippen molar-refractivity contribution >= 4 is 5.57 Å². The predicted octanol–water partition coefficient (Wildman–Crippen LogP) is 4.66. The van der Waals surface area contributed by atoms with E-state index >= 15 is 0 Å². The molecule has 0 bridgehead atoms. The molecule has 1 heterocycles. The second-order valence-corrected chi connectivity index (χ2v) is 5.16. The number of hydrogen-bond donors (Lipinski definition) is 0. The fourth-order valence-electron chi connectivity index (χ4n) is 2.33. The molecule has 1 heteroatoms. The lowest BCUT2D eigenvalue weighted by atomic mass is 9.85. The van der Waals surface area contributed by atoms with Crippen LogP contribution in [0.1, 0.15) is 33.3 Å². The topological polar surface area (TPSA) is 9.23 Å². The fraction of sp³-hybridized carbons (Fsp3) is 0.375. The molecule has 0 spiro atoms. The van der Waals surface area contributed by atoms with Gasteiger partial charge < -0.3 is 4.74 Å². The average Bonchev–Trinajstić information content (AvgIpc) is 2.28. The van der Waals surface area contributed by atoms with Gasteiger partial charge in [0.2, 0.25) is 0 Å². The van der Waals surface area contributed by atoms with Crippen molar-refractivity contribution in [3.8, 4) is 5.75 Å². The summed E-state index contributed by atoms with van der Waals surface area (Å²) in [5.74, 6) is 2.83. The first kappa shape index (κ1) is 12.0. The molecule has 2 rings (SSSR count). The van der Waals surface area contributed by atoms with Crippen LogP contribution in [0.3, 0.4) is 0 Å². The van der Waals surface area contributed by atoms with E-state index in [0.717, 1.165) is 22.6 Å². The molecule has 0 atom stereocenters. The number of rotatable bonds is 2. The van der Waals surface area contributed by atoms with Gasteiger partial charge in [0.1, 0.15) is 11.5 Å². The maximum Gasteiger partial charge on any atom is 0.134 e. The summed E-state index contributed by atoms with van der Waals surface area (Å²) in [4.78, 5) is 0. The zero-order valence-corrected chi connectivity index (χ0v) is 11.1. The van der Waals surface area contributed by atoms with Crippen molar-refractivity contribution in [3.63, 3.8) is 0 Å². The predicted molar refractivity (Wildman–Crippen MR) is 72.8 cm³/mol. The molecule has 1 nitrogen and oxygen atoms in total. The Morgan fingerprint density at radius 3 is 2.24 bits per heavy atom. The maximum atomic E-state index is 6.06. The molecule has 0 aliphatic carbocycles. The number of allylic oxidation sites excluding steroid dienone is 3. The van der Waals surface area contributed by atoms with Gasteiger partial charge in [0.05, 0.1) is 0 Å².